The summed E-state index contributed by atoms with van der Waals surface area (Å²) in [7, 11) is -4.61. The third kappa shape index (κ3) is 116. The molecule has 9 heavy (non-hydrogen) atoms. The molecule has 4 nitrogen and oxygen atoms in total. The van der Waals surface area contributed by atoms with Crippen LogP contribution < -0.4 is 0 Å². The minimum absolute atomic E-state index is 0. The first-order valence-corrected chi connectivity index (χ1v) is 10.5. The van der Waals surface area contributed by atoms with Gasteiger partial charge in [-0.1, -0.05) is 0 Å². The van der Waals surface area contributed by atoms with E-state index in [1.54, 1.807) is 0 Å². The molecule has 0 rings (SSSR count). The monoisotopic (exact) mass is 427 g/mol. The Bertz CT molecular complexity index is 44.3. The summed E-state index contributed by atoms with van der Waals surface area (Å²) in [5, 5.41) is 0. The second-order valence-electron chi connectivity index (χ2n) is 0.600. The molecule has 0 aliphatic carbocycles. The van der Waals surface area contributed by atoms with Crippen LogP contribution in [-0.2, 0) is 17.1 Å². The second-order valence-corrected chi connectivity index (χ2v) is 1.80. The summed E-state index contributed by atoms with van der Waals surface area (Å²) in [6.45, 7) is 0. The molecule has 0 unspecified atom stereocenters. The molecule has 0 aromatic carbocycles. The summed E-state index contributed by atoms with van der Waals surface area (Å²) in [5.41, 5.74) is 0. The van der Waals surface area contributed by atoms with Crippen LogP contribution in [-0.4, -0.2) is 83.2 Å². The van der Waals surface area contributed by atoms with Crippen LogP contribution in [0, 0.1) is 0 Å². The third-order valence-corrected chi connectivity index (χ3v) is 0. The fourth-order valence-corrected chi connectivity index (χ4v) is 0. The van der Waals surface area contributed by atoms with Gasteiger partial charge in [0.1, 0.15) is 0 Å². The summed E-state index contributed by atoms with van der Waals surface area (Å²) in [6, 6.07) is 0. The van der Waals surface area contributed by atoms with Crippen molar-refractivity contribution >= 4 is 64.0 Å². The first-order valence-electron chi connectivity index (χ1n) is 1.18. The van der Waals surface area contributed by atoms with Gasteiger partial charge in [-0.05, 0) is 0 Å². The van der Waals surface area contributed by atoms with Crippen molar-refractivity contribution in [3.05, 3.63) is 0 Å². The van der Waals surface area contributed by atoms with Gasteiger partial charge < -0.3 is 19.2 Å². The predicted octanol–water partition coefficient (Wildman–Crippen LogP) is -4.82. The van der Waals surface area contributed by atoms with Crippen LogP contribution in [0.2, 0.25) is 0 Å². The van der Waals surface area contributed by atoms with Gasteiger partial charge in [-0.15, -0.1) is 0 Å². The molecule has 59 valence electrons. The van der Waals surface area contributed by atoms with Crippen LogP contribution in [0.4, 0.5) is 0 Å². The molecule has 0 saturated carbocycles. The first kappa shape index (κ1) is 22.6. The Labute approximate surface area is 99.0 Å². The Morgan fingerprint density at radius 2 is 1.00 bits per heavy atom. The van der Waals surface area contributed by atoms with Crippen molar-refractivity contribution in [1.29, 1.82) is 0 Å². The molecule has 0 amide bonds. The van der Waals surface area contributed by atoms with E-state index in [1.165, 1.54) is 16.0 Å². The van der Waals surface area contributed by atoms with Gasteiger partial charge in [0.05, 0.1) is 0 Å². The Balaban J connectivity index is -0.0000000286. The van der Waals surface area contributed by atoms with E-state index in [4.69, 9.17) is 19.2 Å². The average Bonchev–Trinajstić information content (AvgIpc) is 1.36. The fraction of sp³-hybridized carbons (Fsp3) is 0. The maximum absolute atomic E-state index is 7.33. The molecule has 0 aliphatic rings. The maximum atomic E-state index is 7.33. The van der Waals surface area contributed by atoms with E-state index < -0.39 is 9.05 Å². The molecule has 0 aliphatic heterocycles. The zero-order valence-electron chi connectivity index (χ0n) is 3.71. The van der Waals surface area contributed by atoms with Crippen LogP contribution in [0.1, 0.15) is 0 Å². The number of hydrogen-bond acceptors (Lipinski definition) is 4. The molecule has 0 aromatic rings. The Morgan fingerprint density at radius 3 is 1.00 bits per heavy atom. The minimum atomic E-state index is -4.61. The predicted molar refractivity (Wildman–Crippen MR) is 37.5 cm³/mol. The van der Waals surface area contributed by atoms with Crippen LogP contribution in [0.25, 0.3) is 0 Å². The van der Waals surface area contributed by atoms with Gasteiger partial charge in [0, 0.05) is 17.1 Å². The summed E-state index contributed by atoms with van der Waals surface area (Å²) < 4.78 is 0. The summed E-state index contributed by atoms with van der Waals surface area (Å²) in [6.07, 6.45) is 0. The zero-order valence-corrected chi connectivity index (χ0v) is 10.3. The van der Waals surface area contributed by atoms with E-state index >= 15 is 0 Å². The van der Waals surface area contributed by atoms with Gasteiger partial charge in [-0.2, -0.15) is 0 Å². The molecule has 0 fully saturated rings. The normalized spacial score (nSPS) is 7.00. The summed E-state index contributed by atoms with van der Waals surface area (Å²) >= 11 is 4.00. The van der Waals surface area contributed by atoms with E-state index in [1.807, 2.05) is 0 Å². The zero-order chi connectivity index (χ0) is 6.50. The Morgan fingerprint density at radius 1 is 1.00 bits per heavy atom. The molecule has 0 heterocycles. The SMILES string of the molecule is O[Si](O)(O)O.[Cu].[GaH]=[Se].[InH3]. The van der Waals surface area contributed by atoms with Crippen molar-refractivity contribution in [2.75, 3.05) is 0 Å². The van der Waals surface area contributed by atoms with Crippen molar-refractivity contribution in [2.45, 2.75) is 0 Å². The fourth-order valence-electron chi connectivity index (χ4n) is 0. The van der Waals surface area contributed by atoms with Gasteiger partial charge in [0.25, 0.3) is 0 Å². The molecule has 4 N–H and O–H groups in total. The molecular weight excluding hydrogens is 419 g/mol. The Kier molecular flexibility index (Phi) is 33.1. The number of hydrogen-bond donors (Lipinski definition) is 4. The summed E-state index contributed by atoms with van der Waals surface area (Å²) in [5.74, 6) is 0. The van der Waals surface area contributed by atoms with E-state index in [0.717, 1.165) is 0 Å². The van der Waals surface area contributed by atoms with Gasteiger partial charge in [-0.25, -0.2) is 0 Å². The molecular formula is H8CuGaInO4SeSi. The van der Waals surface area contributed by atoms with Crippen molar-refractivity contribution in [1.82, 2.24) is 0 Å². The van der Waals surface area contributed by atoms with Gasteiger partial charge in [0.15, 0.2) is 0 Å². The quantitative estimate of drug-likeness (QED) is 0.293. The van der Waals surface area contributed by atoms with Crippen LogP contribution >= 0.6 is 0 Å². The van der Waals surface area contributed by atoms with Crippen molar-refractivity contribution in [2.24, 2.45) is 0 Å². The van der Waals surface area contributed by atoms with Crippen LogP contribution in [0.3, 0.4) is 0 Å². The molecule has 0 saturated heterocycles. The topological polar surface area (TPSA) is 80.9 Å². The third-order valence-electron chi connectivity index (χ3n) is 0. The van der Waals surface area contributed by atoms with Crippen LogP contribution in [0.15, 0.2) is 0 Å². The Hall–Kier alpha value is 2.60. The van der Waals surface area contributed by atoms with Crippen LogP contribution in [0.5, 0.6) is 0 Å². The van der Waals surface area contributed by atoms with Crippen molar-refractivity contribution < 1.29 is 36.3 Å². The van der Waals surface area contributed by atoms with Gasteiger partial charge in [0.2, 0.25) is 0 Å². The van der Waals surface area contributed by atoms with Gasteiger partial charge in [-0.3, -0.25) is 0 Å². The molecule has 9 heteroatoms. The summed E-state index contributed by atoms with van der Waals surface area (Å²) in [4.78, 5) is 29.3. The second kappa shape index (κ2) is 13.2. The molecule has 1 radical (unpaired) electrons. The van der Waals surface area contributed by atoms with E-state index in [9.17, 15) is 0 Å². The van der Waals surface area contributed by atoms with E-state index in [2.05, 4.69) is 13.1 Å². The first-order chi connectivity index (χ1) is 3.00. The molecule has 0 aromatic heterocycles. The molecule has 0 atom stereocenters. The standard InChI is InChI=1S/Cu.Ga.In.H4O4Si.Se.4H/c;;;1-5(2,3)4;;;;;/h;;;1-4H;;;;;. The number of rotatable bonds is 0. The van der Waals surface area contributed by atoms with Crippen molar-refractivity contribution in [3.8, 4) is 0 Å². The van der Waals surface area contributed by atoms with Crippen molar-refractivity contribution in [3.63, 3.8) is 0 Å². The molecule has 0 bridgehead atoms. The average molecular weight is 427 g/mol. The van der Waals surface area contributed by atoms with E-state index in [-0.39, 0.29) is 42.9 Å². The van der Waals surface area contributed by atoms with Gasteiger partial charge >= 0.3 is 64.0 Å². The molecule has 0 spiro atoms. The van der Waals surface area contributed by atoms with E-state index in [0.29, 0.717) is 0 Å².